The molecule has 2 rings (SSSR count). The van der Waals surface area contributed by atoms with Crippen molar-refractivity contribution in [3.8, 4) is 11.5 Å². The van der Waals surface area contributed by atoms with Crippen LogP contribution in [-0.4, -0.2) is 17.1 Å². The molecule has 0 atom stereocenters. The molecule has 0 aromatic heterocycles. The number of nitrogens with zero attached hydrogens (tertiary/aromatic N) is 1. The number of hydrogen-bond donors (Lipinski definition) is 2. The number of nitro groups is 1. The van der Waals surface area contributed by atoms with Crippen LogP contribution in [0.5, 0.6) is 11.5 Å². The van der Waals surface area contributed by atoms with E-state index in [1.54, 1.807) is 24.3 Å². The second-order valence-corrected chi connectivity index (χ2v) is 4.17. The highest BCUT2D eigenvalue weighted by atomic mass is 16.6. The number of nitro benzene ring substituents is 1. The van der Waals surface area contributed by atoms with Crippen molar-refractivity contribution in [3.05, 3.63) is 58.1 Å². The number of aromatic hydroxyl groups is 1. The molecule has 104 valence electrons. The SMILES string of the molecule is COc1ccc(NCc2cccc([N+](=O)[O-])c2)cc1O. The minimum atomic E-state index is -0.428. The van der Waals surface area contributed by atoms with E-state index in [2.05, 4.69) is 5.32 Å². The Morgan fingerprint density at radius 1 is 1.30 bits per heavy atom. The van der Waals surface area contributed by atoms with Crippen molar-refractivity contribution in [1.29, 1.82) is 0 Å². The zero-order chi connectivity index (χ0) is 14.5. The fraction of sp³-hybridized carbons (Fsp3) is 0.143. The Bertz CT molecular complexity index is 628. The molecule has 6 nitrogen and oxygen atoms in total. The molecular weight excluding hydrogens is 260 g/mol. The molecule has 0 bridgehead atoms. The van der Waals surface area contributed by atoms with E-state index in [1.165, 1.54) is 25.3 Å². The highest BCUT2D eigenvalue weighted by Crippen LogP contribution is 2.28. The van der Waals surface area contributed by atoms with Gasteiger partial charge in [-0.2, -0.15) is 0 Å². The molecule has 0 radical (unpaired) electrons. The molecule has 0 spiro atoms. The van der Waals surface area contributed by atoms with Crippen LogP contribution < -0.4 is 10.1 Å². The lowest BCUT2D eigenvalue weighted by Gasteiger charge is -2.09. The number of phenolic OH excluding ortho intramolecular Hbond substituents is 1. The van der Waals surface area contributed by atoms with Gasteiger partial charge in [0.25, 0.3) is 5.69 Å². The molecular formula is C14H14N2O4. The summed E-state index contributed by atoms with van der Waals surface area (Å²) in [4.78, 5) is 10.3. The lowest BCUT2D eigenvalue weighted by atomic mass is 10.2. The van der Waals surface area contributed by atoms with E-state index in [0.29, 0.717) is 18.0 Å². The fourth-order valence-corrected chi connectivity index (χ4v) is 1.78. The topological polar surface area (TPSA) is 84.6 Å². The first-order valence-corrected chi connectivity index (χ1v) is 5.94. The minimum absolute atomic E-state index is 0.0385. The third-order valence-electron chi connectivity index (χ3n) is 2.80. The summed E-state index contributed by atoms with van der Waals surface area (Å²) in [6.07, 6.45) is 0. The summed E-state index contributed by atoms with van der Waals surface area (Å²) in [7, 11) is 1.48. The molecule has 2 N–H and O–H groups in total. The van der Waals surface area contributed by atoms with Crippen LogP contribution in [0.15, 0.2) is 42.5 Å². The second kappa shape index (κ2) is 5.92. The Morgan fingerprint density at radius 3 is 2.75 bits per heavy atom. The number of phenols is 1. The first-order chi connectivity index (χ1) is 9.60. The molecule has 0 saturated heterocycles. The molecule has 0 aliphatic heterocycles. The Hall–Kier alpha value is -2.76. The Labute approximate surface area is 115 Å². The number of non-ortho nitro benzene ring substituents is 1. The van der Waals surface area contributed by atoms with E-state index in [-0.39, 0.29) is 11.4 Å². The van der Waals surface area contributed by atoms with Crippen LogP contribution in [0.3, 0.4) is 0 Å². The number of hydrogen-bond acceptors (Lipinski definition) is 5. The molecule has 0 unspecified atom stereocenters. The smallest absolute Gasteiger partial charge is 0.269 e. The van der Waals surface area contributed by atoms with Gasteiger partial charge in [0.1, 0.15) is 0 Å². The number of methoxy groups -OCH3 is 1. The first kappa shape index (κ1) is 13.7. The van der Waals surface area contributed by atoms with Gasteiger partial charge in [-0.3, -0.25) is 10.1 Å². The predicted octanol–water partition coefficient (Wildman–Crippen LogP) is 2.92. The Balaban J connectivity index is 2.07. The summed E-state index contributed by atoms with van der Waals surface area (Å²) in [5, 5.41) is 23.4. The predicted molar refractivity (Wildman–Crippen MR) is 75.1 cm³/mol. The lowest BCUT2D eigenvalue weighted by molar-refractivity contribution is -0.384. The van der Waals surface area contributed by atoms with E-state index in [1.807, 2.05) is 0 Å². The van der Waals surface area contributed by atoms with Gasteiger partial charge in [-0.1, -0.05) is 12.1 Å². The van der Waals surface area contributed by atoms with Gasteiger partial charge in [-0.25, -0.2) is 0 Å². The number of nitrogens with one attached hydrogen (secondary N) is 1. The maximum Gasteiger partial charge on any atom is 0.269 e. The third-order valence-corrected chi connectivity index (χ3v) is 2.80. The summed E-state index contributed by atoms with van der Waals surface area (Å²) in [5.74, 6) is 0.433. The standard InChI is InChI=1S/C14H14N2O4/c1-20-14-6-5-11(8-13(14)17)15-9-10-3-2-4-12(7-10)16(18)19/h2-8,15,17H,9H2,1H3. The minimum Gasteiger partial charge on any atom is -0.504 e. The maximum absolute atomic E-state index is 10.7. The van der Waals surface area contributed by atoms with Crippen LogP contribution in [0.1, 0.15) is 5.56 Å². The molecule has 2 aromatic rings. The summed E-state index contributed by atoms with van der Waals surface area (Å²) < 4.78 is 4.95. The normalized spacial score (nSPS) is 10.1. The average Bonchev–Trinajstić information content (AvgIpc) is 2.45. The van der Waals surface area contributed by atoms with Gasteiger partial charge in [0.2, 0.25) is 0 Å². The summed E-state index contributed by atoms with van der Waals surface area (Å²) in [5.41, 5.74) is 1.55. The molecule has 0 amide bonds. The summed E-state index contributed by atoms with van der Waals surface area (Å²) >= 11 is 0. The van der Waals surface area contributed by atoms with Gasteiger partial charge in [0.15, 0.2) is 11.5 Å². The number of rotatable bonds is 5. The van der Waals surface area contributed by atoms with E-state index >= 15 is 0 Å². The molecule has 0 heterocycles. The largest absolute Gasteiger partial charge is 0.504 e. The van der Waals surface area contributed by atoms with E-state index < -0.39 is 4.92 Å². The molecule has 0 fully saturated rings. The zero-order valence-corrected chi connectivity index (χ0v) is 10.9. The van der Waals surface area contributed by atoms with Gasteiger partial charge in [0.05, 0.1) is 12.0 Å². The van der Waals surface area contributed by atoms with Crippen LogP contribution in [-0.2, 0) is 6.54 Å². The number of benzene rings is 2. The van der Waals surface area contributed by atoms with Crippen LogP contribution in [0, 0.1) is 10.1 Å². The zero-order valence-electron chi connectivity index (χ0n) is 10.9. The maximum atomic E-state index is 10.7. The molecule has 2 aromatic carbocycles. The molecule has 0 saturated carbocycles. The van der Waals surface area contributed by atoms with Crippen molar-refractivity contribution < 1.29 is 14.8 Å². The van der Waals surface area contributed by atoms with E-state index in [0.717, 1.165) is 5.56 Å². The highest BCUT2D eigenvalue weighted by molar-refractivity contribution is 5.54. The highest BCUT2D eigenvalue weighted by Gasteiger charge is 2.06. The quantitative estimate of drug-likeness (QED) is 0.646. The molecule has 0 aliphatic carbocycles. The van der Waals surface area contributed by atoms with Crippen molar-refractivity contribution in [2.45, 2.75) is 6.54 Å². The van der Waals surface area contributed by atoms with Gasteiger partial charge in [-0.05, 0) is 17.7 Å². The van der Waals surface area contributed by atoms with Gasteiger partial charge < -0.3 is 15.2 Å². The number of anilines is 1. The Kier molecular flexibility index (Phi) is 4.05. The first-order valence-electron chi connectivity index (χ1n) is 5.94. The molecule has 0 aliphatic rings. The van der Waals surface area contributed by atoms with Crippen LogP contribution in [0.2, 0.25) is 0 Å². The van der Waals surface area contributed by atoms with Crippen LogP contribution in [0.4, 0.5) is 11.4 Å². The third kappa shape index (κ3) is 3.17. The van der Waals surface area contributed by atoms with E-state index in [4.69, 9.17) is 4.74 Å². The van der Waals surface area contributed by atoms with Crippen molar-refractivity contribution in [3.63, 3.8) is 0 Å². The molecule has 6 heteroatoms. The summed E-state index contributed by atoms with van der Waals surface area (Å²) in [6.45, 7) is 0.424. The lowest BCUT2D eigenvalue weighted by Crippen LogP contribution is -2.00. The molecule has 20 heavy (non-hydrogen) atoms. The van der Waals surface area contributed by atoms with Crippen LogP contribution >= 0.6 is 0 Å². The monoisotopic (exact) mass is 274 g/mol. The average molecular weight is 274 g/mol. The fourth-order valence-electron chi connectivity index (χ4n) is 1.78. The van der Waals surface area contributed by atoms with Crippen molar-refractivity contribution in [2.24, 2.45) is 0 Å². The second-order valence-electron chi connectivity index (χ2n) is 4.17. The summed E-state index contributed by atoms with van der Waals surface area (Å²) in [6, 6.07) is 11.3. The van der Waals surface area contributed by atoms with Crippen LogP contribution in [0.25, 0.3) is 0 Å². The number of ether oxygens (including phenoxy) is 1. The van der Waals surface area contributed by atoms with Crippen molar-refractivity contribution >= 4 is 11.4 Å². The van der Waals surface area contributed by atoms with Crippen molar-refractivity contribution in [1.82, 2.24) is 0 Å². The van der Waals surface area contributed by atoms with Gasteiger partial charge in [-0.15, -0.1) is 0 Å². The Morgan fingerprint density at radius 2 is 2.10 bits per heavy atom. The van der Waals surface area contributed by atoms with Gasteiger partial charge in [0, 0.05) is 30.4 Å². The van der Waals surface area contributed by atoms with Gasteiger partial charge >= 0.3 is 0 Å². The van der Waals surface area contributed by atoms with Crippen molar-refractivity contribution in [2.75, 3.05) is 12.4 Å². The van der Waals surface area contributed by atoms with E-state index in [9.17, 15) is 15.2 Å².